The van der Waals surface area contributed by atoms with E-state index >= 15 is 0 Å². The molecule has 7 heteroatoms. The molecule has 0 aliphatic carbocycles. The average Bonchev–Trinajstić information content (AvgIpc) is 3.79. The second-order valence-corrected chi connectivity index (χ2v) is 26.3. The molecule has 0 bridgehead atoms. The van der Waals surface area contributed by atoms with Gasteiger partial charge in [-0.2, -0.15) is 12.1 Å². The molecule has 0 amide bonds. The molecule has 0 fully saturated rings. The van der Waals surface area contributed by atoms with Crippen LogP contribution in [0.25, 0.3) is 38.8 Å². The van der Waals surface area contributed by atoms with Crippen LogP contribution in [0.5, 0.6) is 11.5 Å². The third-order valence-corrected chi connectivity index (χ3v) is 14.4. The Kier molecular flexibility index (Phi) is 11.7. The van der Waals surface area contributed by atoms with E-state index in [2.05, 4.69) is 224 Å². The van der Waals surface area contributed by atoms with Crippen molar-refractivity contribution in [3.05, 3.63) is 169 Å². The number of nitrogens with zero attached hydrogens (tertiary/aromatic N) is 4. The molecule has 8 aromatic rings. The van der Waals surface area contributed by atoms with Crippen LogP contribution >= 0.6 is 0 Å². The van der Waals surface area contributed by atoms with Crippen LogP contribution in [0.15, 0.2) is 134 Å². The van der Waals surface area contributed by atoms with Crippen molar-refractivity contribution >= 4 is 57.8 Å². The third-order valence-electron chi connectivity index (χ3n) is 12.3. The quantitative estimate of drug-likeness (QED) is 0.118. The van der Waals surface area contributed by atoms with Gasteiger partial charge in [0.05, 0.1) is 8.07 Å². The number of ether oxygens (including phenoxy) is 1. The van der Waals surface area contributed by atoms with E-state index in [0.717, 1.165) is 45.0 Å². The summed E-state index contributed by atoms with van der Waals surface area (Å²) < 4.78 is 8.98. The van der Waals surface area contributed by atoms with E-state index in [-0.39, 0.29) is 37.3 Å². The van der Waals surface area contributed by atoms with Gasteiger partial charge in [0.1, 0.15) is 5.82 Å². The monoisotopic (exact) mass is 1040 g/mol. The van der Waals surface area contributed by atoms with Gasteiger partial charge in [-0.3, -0.25) is 0 Å². The molecule has 1 aliphatic heterocycles. The standard InChI is InChI=1S/C57H59N4OSi.Pt/c1-55(2,3)39-28-29-58-53(34-39)61-51-25-17-22-47(38-18-15-21-46(30-38)63(10,11)12)54(51)48-27-26-45(36-52(48)61)62-44-20-16-19-42(35-44)59-37-60(50-24-14-13-23-49(50)59)43-32-40(56(4,5)6)31-41(33-43)57(7,8)9;/h13-34,37H,1-12H3;/q-3;. The summed E-state index contributed by atoms with van der Waals surface area (Å²) in [7, 11) is -1.55. The molecule has 330 valence electrons. The minimum absolute atomic E-state index is 0. The molecule has 0 unspecified atom stereocenters. The van der Waals surface area contributed by atoms with Gasteiger partial charge < -0.3 is 19.1 Å². The summed E-state index contributed by atoms with van der Waals surface area (Å²) >= 11 is 0. The van der Waals surface area contributed by atoms with Gasteiger partial charge in [-0.1, -0.05) is 147 Å². The Morgan fingerprint density at radius 3 is 1.91 bits per heavy atom. The molecule has 5 nitrogen and oxygen atoms in total. The SMILES string of the molecule is CC(C)(C)c1cc(N2[CH-]N(c3[c-]c(Oc4[c-]c5c(cc4)c4c(-c6cccc([Si](C)(C)C)c6)cccc4n5-c4cc(C(C)(C)C)ccn4)ccc3)c3ccccc32)cc(C(C)(C)C)c1.[Pt]. The topological polar surface area (TPSA) is 33.5 Å². The first-order valence-electron chi connectivity index (χ1n) is 22.2. The molecule has 0 saturated carbocycles. The number of para-hydroxylation sites is 2. The molecule has 0 atom stereocenters. The van der Waals surface area contributed by atoms with Crippen LogP contribution in [-0.4, -0.2) is 17.6 Å². The van der Waals surface area contributed by atoms with Crippen molar-refractivity contribution in [2.75, 3.05) is 9.80 Å². The van der Waals surface area contributed by atoms with Crippen molar-refractivity contribution < 1.29 is 25.8 Å². The van der Waals surface area contributed by atoms with Crippen LogP contribution < -0.4 is 19.7 Å². The summed E-state index contributed by atoms with van der Waals surface area (Å²) in [6.45, 7) is 29.8. The fourth-order valence-electron chi connectivity index (χ4n) is 8.55. The molecular weight excluding hydrogens is 980 g/mol. The van der Waals surface area contributed by atoms with Crippen LogP contribution in [0.1, 0.15) is 79.0 Å². The Hall–Kier alpha value is -5.42. The Bertz CT molecular complexity index is 3000. The number of hydrogen-bond acceptors (Lipinski definition) is 4. The average molecular weight is 1040 g/mol. The summed E-state index contributed by atoms with van der Waals surface area (Å²) in [6, 6.07) is 53.4. The first-order valence-corrected chi connectivity index (χ1v) is 25.7. The van der Waals surface area contributed by atoms with E-state index < -0.39 is 8.07 Å². The van der Waals surface area contributed by atoms with E-state index in [9.17, 15) is 0 Å². The van der Waals surface area contributed by atoms with Crippen molar-refractivity contribution in [2.24, 2.45) is 0 Å². The Morgan fingerprint density at radius 1 is 0.594 bits per heavy atom. The van der Waals surface area contributed by atoms with Gasteiger partial charge in [0, 0.05) is 61.3 Å². The number of hydrogen-bond donors (Lipinski definition) is 0. The van der Waals surface area contributed by atoms with Gasteiger partial charge >= 0.3 is 0 Å². The molecule has 0 N–H and O–H groups in total. The maximum Gasteiger partial charge on any atom is 0.135 e. The smallest absolute Gasteiger partial charge is 0.135 e. The molecule has 0 saturated heterocycles. The van der Waals surface area contributed by atoms with Gasteiger partial charge in [-0.05, 0) is 91.9 Å². The van der Waals surface area contributed by atoms with Crippen molar-refractivity contribution in [2.45, 2.75) is 98.2 Å². The zero-order chi connectivity index (χ0) is 44.6. The zero-order valence-corrected chi connectivity index (χ0v) is 42.6. The molecule has 1 aliphatic rings. The van der Waals surface area contributed by atoms with E-state index in [1.807, 2.05) is 24.4 Å². The molecule has 0 spiro atoms. The Morgan fingerprint density at radius 2 is 1.23 bits per heavy atom. The van der Waals surface area contributed by atoms with Crippen LogP contribution in [-0.2, 0) is 37.3 Å². The first-order chi connectivity index (χ1) is 29.7. The number of aromatic nitrogens is 2. The third kappa shape index (κ3) is 8.60. The number of fused-ring (bicyclic) bond motifs is 4. The largest absolute Gasteiger partial charge is 0.509 e. The van der Waals surface area contributed by atoms with Gasteiger partial charge in [-0.25, -0.2) is 4.98 Å². The maximum atomic E-state index is 6.73. The predicted octanol–water partition coefficient (Wildman–Crippen LogP) is 15.1. The van der Waals surface area contributed by atoms with Crippen molar-refractivity contribution in [1.82, 2.24) is 9.55 Å². The van der Waals surface area contributed by atoms with Gasteiger partial charge in [0.25, 0.3) is 0 Å². The van der Waals surface area contributed by atoms with Crippen molar-refractivity contribution in [3.63, 3.8) is 0 Å². The molecule has 6 aromatic carbocycles. The molecule has 3 heterocycles. The van der Waals surface area contributed by atoms with Gasteiger partial charge in [0.15, 0.2) is 0 Å². The van der Waals surface area contributed by atoms with Crippen LogP contribution in [0.2, 0.25) is 19.6 Å². The number of rotatable bonds is 7. The van der Waals surface area contributed by atoms with Crippen molar-refractivity contribution in [3.8, 4) is 28.4 Å². The minimum atomic E-state index is -1.55. The van der Waals surface area contributed by atoms with E-state index in [1.54, 1.807) is 0 Å². The summed E-state index contributed by atoms with van der Waals surface area (Å²) in [6.07, 6.45) is 1.93. The van der Waals surface area contributed by atoms with E-state index in [0.29, 0.717) is 11.5 Å². The minimum Gasteiger partial charge on any atom is -0.509 e. The summed E-state index contributed by atoms with van der Waals surface area (Å²) in [4.78, 5) is 9.50. The normalized spacial score (nSPS) is 13.4. The fourth-order valence-corrected chi connectivity index (χ4v) is 9.74. The van der Waals surface area contributed by atoms with Crippen LogP contribution in [0.4, 0.5) is 22.7 Å². The van der Waals surface area contributed by atoms with Gasteiger partial charge in [-0.15, -0.1) is 48.1 Å². The second kappa shape index (κ2) is 16.5. The molecule has 9 rings (SSSR count). The summed E-state index contributed by atoms with van der Waals surface area (Å²) in [5.41, 5.74) is 12.4. The van der Waals surface area contributed by atoms with Gasteiger partial charge in [0.2, 0.25) is 0 Å². The van der Waals surface area contributed by atoms with E-state index in [4.69, 9.17) is 9.72 Å². The van der Waals surface area contributed by atoms with Crippen LogP contribution in [0.3, 0.4) is 0 Å². The number of benzene rings is 6. The zero-order valence-electron chi connectivity index (χ0n) is 39.3. The molecule has 64 heavy (non-hydrogen) atoms. The predicted molar refractivity (Wildman–Crippen MR) is 269 cm³/mol. The van der Waals surface area contributed by atoms with Crippen molar-refractivity contribution in [1.29, 1.82) is 0 Å². The van der Waals surface area contributed by atoms with E-state index in [1.165, 1.54) is 38.4 Å². The number of pyridine rings is 1. The fraction of sp³-hybridized carbons (Fsp3) is 0.263. The summed E-state index contributed by atoms with van der Waals surface area (Å²) in [5.74, 6) is 2.07. The maximum absolute atomic E-state index is 6.73. The molecular formula is C57H59N4OPtSi-3. The van der Waals surface area contributed by atoms with Crippen LogP contribution in [0, 0.1) is 18.8 Å². The Balaban J connectivity index is 0.00000560. The number of anilines is 4. The summed E-state index contributed by atoms with van der Waals surface area (Å²) in [5, 5.41) is 3.71. The molecule has 2 aromatic heterocycles. The first kappa shape index (κ1) is 45.2. The Labute approximate surface area is 396 Å². The second-order valence-electron chi connectivity index (χ2n) is 21.2. The molecule has 0 radical (unpaired) electrons.